The molecule has 0 saturated heterocycles. The first kappa shape index (κ1) is 24.2. The molecule has 6 heteroatoms. The van der Waals surface area contributed by atoms with E-state index < -0.39 is 6.04 Å². The largest absolute Gasteiger partial charge is 0.352 e. The molecule has 0 aliphatic carbocycles. The number of nitrogens with one attached hydrogen (secondary N) is 1. The van der Waals surface area contributed by atoms with Crippen molar-refractivity contribution in [1.82, 2.24) is 10.2 Å². The Morgan fingerprint density at radius 2 is 1.70 bits per heavy atom. The molecule has 30 heavy (non-hydrogen) atoms. The zero-order chi connectivity index (χ0) is 22.3. The molecular formula is C24H30Cl2N2O2. The van der Waals surface area contributed by atoms with Crippen LogP contribution >= 0.6 is 23.2 Å². The van der Waals surface area contributed by atoms with Crippen LogP contribution in [0.2, 0.25) is 10.0 Å². The highest BCUT2D eigenvalue weighted by atomic mass is 35.5. The number of hydrogen-bond donors (Lipinski definition) is 1. The summed E-state index contributed by atoms with van der Waals surface area (Å²) in [4.78, 5) is 27.9. The van der Waals surface area contributed by atoms with E-state index in [9.17, 15) is 9.59 Å². The summed E-state index contributed by atoms with van der Waals surface area (Å²) in [7, 11) is 0. The highest BCUT2D eigenvalue weighted by Gasteiger charge is 2.29. The molecule has 2 atom stereocenters. The van der Waals surface area contributed by atoms with Crippen molar-refractivity contribution in [3.63, 3.8) is 0 Å². The van der Waals surface area contributed by atoms with Crippen molar-refractivity contribution in [1.29, 1.82) is 0 Å². The Bertz CT molecular complexity index is 868. The average molecular weight is 449 g/mol. The van der Waals surface area contributed by atoms with Crippen molar-refractivity contribution < 1.29 is 9.59 Å². The van der Waals surface area contributed by atoms with Gasteiger partial charge in [0.2, 0.25) is 11.8 Å². The van der Waals surface area contributed by atoms with Crippen LogP contribution < -0.4 is 5.32 Å². The quantitative estimate of drug-likeness (QED) is 0.545. The number of halogens is 2. The Kier molecular flexibility index (Phi) is 9.19. The molecule has 0 radical (unpaired) electrons. The standard InChI is InChI=1S/C24H30Cl2N2O2/c1-5-17(4)27-24(30)22(6-2)28(15-18-9-7-16(3)8-10-18)23(29)13-19-11-12-20(25)14-21(19)26/h7-12,14,17,22H,5-6,13,15H2,1-4H3,(H,27,30)/t17-,22-/m0/s1. The summed E-state index contributed by atoms with van der Waals surface area (Å²) in [5, 5.41) is 3.99. The second-order valence-corrected chi connectivity index (χ2v) is 8.51. The minimum atomic E-state index is -0.557. The Hall–Kier alpha value is -2.04. The third-order valence-electron chi connectivity index (χ3n) is 5.22. The molecule has 2 aromatic rings. The van der Waals surface area contributed by atoms with E-state index in [0.717, 1.165) is 17.5 Å². The van der Waals surface area contributed by atoms with Gasteiger partial charge in [0.05, 0.1) is 6.42 Å². The van der Waals surface area contributed by atoms with Gasteiger partial charge < -0.3 is 10.2 Å². The van der Waals surface area contributed by atoms with Gasteiger partial charge in [0, 0.05) is 22.6 Å². The van der Waals surface area contributed by atoms with Gasteiger partial charge in [-0.05, 0) is 49.9 Å². The molecule has 0 unspecified atom stereocenters. The number of benzene rings is 2. The summed E-state index contributed by atoms with van der Waals surface area (Å²) in [5.41, 5.74) is 2.81. The van der Waals surface area contributed by atoms with Crippen LogP contribution in [-0.4, -0.2) is 28.8 Å². The van der Waals surface area contributed by atoms with Crippen molar-refractivity contribution in [2.75, 3.05) is 0 Å². The number of amides is 2. The summed E-state index contributed by atoms with van der Waals surface area (Å²) >= 11 is 12.3. The lowest BCUT2D eigenvalue weighted by Crippen LogP contribution is -2.51. The maximum atomic E-state index is 13.3. The fourth-order valence-corrected chi connectivity index (χ4v) is 3.66. The average Bonchev–Trinajstić information content (AvgIpc) is 2.71. The molecule has 0 aliphatic heterocycles. The number of rotatable bonds is 9. The number of aryl methyl sites for hydroxylation is 1. The molecule has 2 rings (SSSR count). The van der Waals surface area contributed by atoms with Gasteiger partial charge in [-0.3, -0.25) is 9.59 Å². The fraction of sp³-hybridized carbons (Fsp3) is 0.417. The molecule has 0 heterocycles. The van der Waals surface area contributed by atoms with Crippen LogP contribution in [0.15, 0.2) is 42.5 Å². The highest BCUT2D eigenvalue weighted by molar-refractivity contribution is 6.35. The highest BCUT2D eigenvalue weighted by Crippen LogP contribution is 2.23. The maximum absolute atomic E-state index is 13.3. The van der Waals surface area contributed by atoms with Gasteiger partial charge in [0.15, 0.2) is 0 Å². The molecular weight excluding hydrogens is 419 g/mol. The molecule has 162 valence electrons. The van der Waals surface area contributed by atoms with Gasteiger partial charge in [-0.2, -0.15) is 0 Å². The number of nitrogens with zero attached hydrogens (tertiary/aromatic N) is 1. The molecule has 0 fully saturated rings. The molecule has 0 aliphatic rings. The van der Waals surface area contributed by atoms with E-state index in [4.69, 9.17) is 23.2 Å². The Morgan fingerprint density at radius 3 is 2.27 bits per heavy atom. The minimum absolute atomic E-state index is 0.0496. The van der Waals surface area contributed by atoms with Gasteiger partial charge in [0.1, 0.15) is 6.04 Å². The Labute approximate surface area is 189 Å². The summed E-state index contributed by atoms with van der Waals surface area (Å²) < 4.78 is 0. The molecule has 0 aromatic heterocycles. The van der Waals surface area contributed by atoms with Gasteiger partial charge in [-0.1, -0.05) is 72.9 Å². The SMILES string of the molecule is CC[C@H](C)NC(=O)[C@H](CC)N(Cc1ccc(C)cc1)C(=O)Cc1ccc(Cl)cc1Cl. The van der Waals surface area contributed by atoms with Crippen molar-refractivity contribution >= 4 is 35.0 Å². The predicted molar refractivity (Wildman–Crippen MR) is 124 cm³/mol. The van der Waals surface area contributed by atoms with Crippen LogP contribution in [-0.2, 0) is 22.6 Å². The van der Waals surface area contributed by atoms with E-state index in [-0.39, 0.29) is 24.3 Å². The van der Waals surface area contributed by atoms with Crippen molar-refractivity contribution in [3.8, 4) is 0 Å². The monoisotopic (exact) mass is 448 g/mol. The van der Waals surface area contributed by atoms with Crippen molar-refractivity contribution in [2.45, 2.75) is 65.6 Å². The first-order valence-electron chi connectivity index (χ1n) is 10.3. The first-order chi connectivity index (χ1) is 14.2. The number of carbonyl (C=O) groups excluding carboxylic acids is 2. The number of carbonyl (C=O) groups is 2. The molecule has 0 saturated carbocycles. The smallest absolute Gasteiger partial charge is 0.243 e. The first-order valence-corrected chi connectivity index (χ1v) is 11.1. The van der Waals surface area contributed by atoms with Gasteiger partial charge in [-0.15, -0.1) is 0 Å². The second-order valence-electron chi connectivity index (χ2n) is 7.66. The summed E-state index contributed by atoms with van der Waals surface area (Å²) in [6.07, 6.45) is 1.46. The predicted octanol–water partition coefficient (Wildman–Crippen LogP) is 5.57. The number of hydrogen-bond acceptors (Lipinski definition) is 2. The van der Waals surface area contributed by atoms with E-state index in [1.165, 1.54) is 0 Å². The summed E-state index contributed by atoms with van der Waals surface area (Å²) in [6, 6.07) is 12.6. The maximum Gasteiger partial charge on any atom is 0.243 e. The van der Waals surface area contributed by atoms with Crippen LogP contribution in [0, 0.1) is 6.92 Å². The lowest BCUT2D eigenvalue weighted by Gasteiger charge is -2.31. The van der Waals surface area contributed by atoms with Gasteiger partial charge >= 0.3 is 0 Å². The summed E-state index contributed by atoms with van der Waals surface area (Å²) in [5.74, 6) is -0.277. The summed E-state index contributed by atoms with van der Waals surface area (Å²) in [6.45, 7) is 8.28. The zero-order valence-electron chi connectivity index (χ0n) is 18.0. The lowest BCUT2D eigenvalue weighted by molar-refractivity contribution is -0.141. The van der Waals surface area contributed by atoms with E-state index in [2.05, 4.69) is 5.32 Å². The van der Waals surface area contributed by atoms with Crippen LogP contribution in [0.25, 0.3) is 0 Å². The lowest BCUT2D eigenvalue weighted by atomic mass is 10.1. The molecule has 2 amide bonds. The van der Waals surface area contributed by atoms with Crippen molar-refractivity contribution in [3.05, 3.63) is 69.2 Å². The molecule has 4 nitrogen and oxygen atoms in total. The van der Waals surface area contributed by atoms with Crippen LogP contribution in [0.4, 0.5) is 0 Å². The van der Waals surface area contributed by atoms with Crippen molar-refractivity contribution in [2.24, 2.45) is 0 Å². The second kappa shape index (κ2) is 11.4. The third kappa shape index (κ3) is 6.75. The van der Waals surface area contributed by atoms with E-state index in [0.29, 0.717) is 28.6 Å². The van der Waals surface area contributed by atoms with E-state index in [1.807, 2.05) is 52.0 Å². The fourth-order valence-electron chi connectivity index (χ4n) is 3.18. The van der Waals surface area contributed by atoms with E-state index >= 15 is 0 Å². The molecule has 2 aromatic carbocycles. The zero-order valence-corrected chi connectivity index (χ0v) is 19.6. The molecule has 0 spiro atoms. The Balaban J connectivity index is 2.31. The minimum Gasteiger partial charge on any atom is -0.352 e. The topological polar surface area (TPSA) is 49.4 Å². The Morgan fingerprint density at radius 1 is 1.03 bits per heavy atom. The van der Waals surface area contributed by atoms with Crippen LogP contribution in [0.1, 0.15) is 50.3 Å². The normalized spacial score (nSPS) is 12.9. The van der Waals surface area contributed by atoms with Crippen LogP contribution in [0.3, 0.4) is 0 Å². The van der Waals surface area contributed by atoms with Crippen LogP contribution in [0.5, 0.6) is 0 Å². The van der Waals surface area contributed by atoms with Gasteiger partial charge in [-0.25, -0.2) is 0 Å². The van der Waals surface area contributed by atoms with Gasteiger partial charge in [0.25, 0.3) is 0 Å². The molecule has 0 bridgehead atoms. The van der Waals surface area contributed by atoms with E-state index in [1.54, 1.807) is 23.1 Å². The molecule has 1 N–H and O–H groups in total. The third-order valence-corrected chi connectivity index (χ3v) is 5.80.